The molecular formula is C11H11FN2. The van der Waals surface area contributed by atoms with Crippen molar-refractivity contribution in [1.82, 2.24) is 10.2 Å². The molecule has 0 saturated carbocycles. The van der Waals surface area contributed by atoms with Crippen molar-refractivity contribution in [3.05, 3.63) is 53.6 Å². The molecule has 0 saturated heterocycles. The SMILES string of the molecule is Fc1ccc(CCc2ccn[nH]2)cc1. The van der Waals surface area contributed by atoms with E-state index in [0.717, 1.165) is 24.1 Å². The predicted octanol–water partition coefficient (Wildman–Crippen LogP) is 2.33. The monoisotopic (exact) mass is 190 g/mol. The van der Waals surface area contributed by atoms with Crippen molar-refractivity contribution in [3.8, 4) is 0 Å². The Morgan fingerprint density at radius 2 is 1.86 bits per heavy atom. The molecule has 0 amide bonds. The number of rotatable bonds is 3. The van der Waals surface area contributed by atoms with Crippen molar-refractivity contribution in [3.63, 3.8) is 0 Å². The molecule has 0 atom stereocenters. The molecule has 1 N–H and O–H groups in total. The Hall–Kier alpha value is -1.64. The summed E-state index contributed by atoms with van der Waals surface area (Å²) in [6.07, 6.45) is 3.55. The third-order valence-electron chi connectivity index (χ3n) is 2.15. The Morgan fingerprint density at radius 1 is 1.07 bits per heavy atom. The molecule has 2 aromatic rings. The molecule has 0 unspecified atom stereocenters. The second kappa shape index (κ2) is 4.05. The van der Waals surface area contributed by atoms with Crippen LogP contribution < -0.4 is 0 Å². The number of aryl methyl sites for hydroxylation is 2. The number of hydrogen-bond acceptors (Lipinski definition) is 1. The van der Waals surface area contributed by atoms with Crippen molar-refractivity contribution in [1.29, 1.82) is 0 Å². The van der Waals surface area contributed by atoms with E-state index in [2.05, 4.69) is 10.2 Å². The number of aromatic nitrogens is 2. The lowest BCUT2D eigenvalue weighted by Gasteiger charge is -1.98. The lowest BCUT2D eigenvalue weighted by Crippen LogP contribution is -1.91. The highest BCUT2D eigenvalue weighted by Crippen LogP contribution is 2.06. The standard InChI is InChI=1S/C11H11FN2/c12-10-4-1-9(2-5-10)3-6-11-7-8-13-14-11/h1-2,4-5,7-8H,3,6H2,(H,13,14). The smallest absolute Gasteiger partial charge is 0.123 e. The van der Waals surface area contributed by atoms with Crippen LogP contribution in [0.5, 0.6) is 0 Å². The summed E-state index contributed by atoms with van der Waals surface area (Å²) in [6.45, 7) is 0. The predicted molar refractivity (Wildman–Crippen MR) is 52.4 cm³/mol. The summed E-state index contributed by atoms with van der Waals surface area (Å²) in [5, 5.41) is 6.76. The maximum Gasteiger partial charge on any atom is 0.123 e. The first-order chi connectivity index (χ1) is 6.84. The van der Waals surface area contributed by atoms with Gasteiger partial charge in [-0.3, -0.25) is 5.10 Å². The minimum atomic E-state index is -0.185. The molecule has 2 nitrogen and oxygen atoms in total. The topological polar surface area (TPSA) is 28.7 Å². The van der Waals surface area contributed by atoms with Gasteiger partial charge in [0.25, 0.3) is 0 Å². The van der Waals surface area contributed by atoms with Gasteiger partial charge in [0.05, 0.1) is 0 Å². The molecule has 1 heterocycles. The van der Waals surface area contributed by atoms with Gasteiger partial charge >= 0.3 is 0 Å². The number of H-pyrrole nitrogens is 1. The van der Waals surface area contributed by atoms with Crippen LogP contribution in [0.2, 0.25) is 0 Å². The minimum absolute atomic E-state index is 0.185. The average molecular weight is 190 g/mol. The summed E-state index contributed by atoms with van der Waals surface area (Å²) in [5.41, 5.74) is 2.25. The minimum Gasteiger partial charge on any atom is -0.283 e. The molecule has 0 fully saturated rings. The second-order valence-electron chi connectivity index (χ2n) is 3.21. The Kier molecular flexibility index (Phi) is 2.58. The van der Waals surface area contributed by atoms with E-state index in [0.29, 0.717) is 0 Å². The van der Waals surface area contributed by atoms with E-state index >= 15 is 0 Å². The molecule has 2 rings (SSSR count). The largest absolute Gasteiger partial charge is 0.283 e. The molecule has 72 valence electrons. The van der Waals surface area contributed by atoms with Gasteiger partial charge in [0.15, 0.2) is 0 Å². The van der Waals surface area contributed by atoms with E-state index in [-0.39, 0.29) is 5.82 Å². The molecule has 0 aliphatic carbocycles. The maximum atomic E-state index is 12.6. The van der Waals surface area contributed by atoms with E-state index in [1.165, 1.54) is 12.1 Å². The molecular weight excluding hydrogens is 179 g/mol. The van der Waals surface area contributed by atoms with E-state index in [9.17, 15) is 4.39 Å². The number of nitrogens with one attached hydrogen (secondary N) is 1. The van der Waals surface area contributed by atoms with Gasteiger partial charge in [-0.2, -0.15) is 5.10 Å². The Balaban J connectivity index is 1.95. The first-order valence-electron chi connectivity index (χ1n) is 4.57. The second-order valence-corrected chi connectivity index (χ2v) is 3.21. The first-order valence-corrected chi connectivity index (χ1v) is 4.57. The fourth-order valence-electron chi connectivity index (χ4n) is 1.35. The summed E-state index contributed by atoms with van der Waals surface area (Å²) in [6, 6.07) is 8.55. The molecule has 0 spiro atoms. The van der Waals surface area contributed by atoms with E-state index in [1.807, 2.05) is 18.2 Å². The van der Waals surface area contributed by atoms with Crippen LogP contribution in [0.4, 0.5) is 4.39 Å². The highest BCUT2D eigenvalue weighted by atomic mass is 19.1. The number of halogens is 1. The van der Waals surface area contributed by atoms with Gasteiger partial charge in [0.1, 0.15) is 5.82 Å². The molecule has 0 bridgehead atoms. The number of benzene rings is 1. The maximum absolute atomic E-state index is 12.6. The van der Waals surface area contributed by atoms with Gasteiger partial charge in [0.2, 0.25) is 0 Å². The molecule has 0 radical (unpaired) electrons. The van der Waals surface area contributed by atoms with Gasteiger partial charge in [-0.15, -0.1) is 0 Å². The quantitative estimate of drug-likeness (QED) is 0.790. The van der Waals surface area contributed by atoms with Crippen LogP contribution in [0.25, 0.3) is 0 Å². The molecule has 1 aromatic carbocycles. The van der Waals surface area contributed by atoms with E-state index < -0.39 is 0 Å². The van der Waals surface area contributed by atoms with Crippen LogP contribution in [0.15, 0.2) is 36.5 Å². The van der Waals surface area contributed by atoms with Gasteiger partial charge in [-0.1, -0.05) is 12.1 Å². The van der Waals surface area contributed by atoms with E-state index in [4.69, 9.17) is 0 Å². The van der Waals surface area contributed by atoms with Crippen LogP contribution in [0.3, 0.4) is 0 Å². The van der Waals surface area contributed by atoms with Gasteiger partial charge < -0.3 is 0 Å². The normalized spacial score (nSPS) is 10.4. The summed E-state index contributed by atoms with van der Waals surface area (Å²) >= 11 is 0. The van der Waals surface area contributed by atoms with Crippen molar-refractivity contribution in [2.24, 2.45) is 0 Å². The number of nitrogens with zero attached hydrogens (tertiary/aromatic N) is 1. The molecule has 0 aliphatic heterocycles. The number of hydrogen-bond donors (Lipinski definition) is 1. The highest BCUT2D eigenvalue weighted by Gasteiger charge is 1.96. The Morgan fingerprint density at radius 3 is 2.50 bits per heavy atom. The molecule has 0 aliphatic rings. The molecule has 3 heteroatoms. The Labute approximate surface area is 81.8 Å². The fraction of sp³-hybridized carbons (Fsp3) is 0.182. The third-order valence-corrected chi connectivity index (χ3v) is 2.15. The van der Waals surface area contributed by atoms with E-state index in [1.54, 1.807) is 6.20 Å². The lowest BCUT2D eigenvalue weighted by atomic mass is 10.1. The van der Waals surface area contributed by atoms with Crippen molar-refractivity contribution < 1.29 is 4.39 Å². The fourth-order valence-corrected chi connectivity index (χ4v) is 1.35. The highest BCUT2D eigenvalue weighted by molar-refractivity contribution is 5.17. The zero-order valence-electron chi connectivity index (χ0n) is 7.70. The average Bonchev–Trinajstić information content (AvgIpc) is 2.70. The van der Waals surface area contributed by atoms with Crippen LogP contribution >= 0.6 is 0 Å². The molecule has 1 aromatic heterocycles. The van der Waals surface area contributed by atoms with Gasteiger partial charge in [-0.25, -0.2) is 4.39 Å². The van der Waals surface area contributed by atoms with Crippen LogP contribution in [0.1, 0.15) is 11.3 Å². The van der Waals surface area contributed by atoms with Crippen molar-refractivity contribution >= 4 is 0 Å². The third kappa shape index (κ3) is 2.19. The summed E-state index contributed by atoms with van der Waals surface area (Å²) in [4.78, 5) is 0. The first kappa shape index (κ1) is 8.94. The van der Waals surface area contributed by atoms with Crippen LogP contribution in [-0.4, -0.2) is 10.2 Å². The van der Waals surface area contributed by atoms with Gasteiger partial charge in [0, 0.05) is 11.9 Å². The summed E-state index contributed by atoms with van der Waals surface area (Å²) < 4.78 is 12.6. The van der Waals surface area contributed by atoms with Crippen LogP contribution in [-0.2, 0) is 12.8 Å². The van der Waals surface area contributed by atoms with Crippen molar-refractivity contribution in [2.75, 3.05) is 0 Å². The van der Waals surface area contributed by atoms with Crippen molar-refractivity contribution in [2.45, 2.75) is 12.8 Å². The zero-order valence-corrected chi connectivity index (χ0v) is 7.70. The van der Waals surface area contributed by atoms with Crippen LogP contribution in [0, 0.1) is 5.82 Å². The molecule has 14 heavy (non-hydrogen) atoms. The van der Waals surface area contributed by atoms with Gasteiger partial charge in [-0.05, 0) is 36.6 Å². The zero-order chi connectivity index (χ0) is 9.80. The lowest BCUT2D eigenvalue weighted by molar-refractivity contribution is 0.627. The summed E-state index contributed by atoms with van der Waals surface area (Å²) in [7, 11) is 0. The number of aromatic amines is 1. The summed E-state index contributed by atoms with van der Waals surface area (Å²) in [5.74, 6) is -0.185. The Bertz CT molecular complexity index is 378.